The molecule has 2 aromatic heterocycles. The summed E-state index contributed by atoms with van der Waals surface area (Å²) in [6.45, 7) is 4.02. The van der Waals surface area contributed by atoms with Gasteiger partial charge in [0.2, 0.25) is 11.1 Å². The Labute approximate surface area is 188 Å². The first kappa shape index (κ1) is 21.6. The van der Waals surface area contributed by atoms with Crippen LogP contribution in [0, 0.1) is 13.8 Å². The fraction of sp³-hybridized carbons (Fsp3) is 0.227. The van der Waals surface area contributed by atoms with Crippen molar-refractivity contribution < 1.29 is 14.7 Å². The molecule has 4 aromatic rings. The smallest absolute Gasteiger partial charge is 0.326 e. The fourth-order valence-corrected chi connectivity index (χ4v) is 4.08. The van der Waals surface area contributed by atoms with Gasteiger partial charge >= 0.3 is 5.97 Å². The molecule has 10 heteroatoms. The van der Waals surface area contributed by atoms with Gasteiger partial charge in [-0.2, -0.15) is 4.68 Å². The van der Waals surface area contributed by atoms with Crippen LogP contribution in [0.2, 0.25) is 0 Å². The maximum Gasteiger partial charge on any atom is 0.326 e. The minimum atomic E-state index is -1.09. The lowest BCUT2D eigenvalue weighted by atomic mass is 10.1. The molecule has 1 amide bonds. The third kappa shape index (κ3) is 4.65. The van der Waals surface area contributed by atoms with Crippen LogP contribution in [-0.4, -0.2) is 54.0 Å². The van der Waals surface area contributed by atoms with E-state index in [1.807, 2.05) is 56.3 Å². The van der Waals surface area contributed by atoms with Crippen LogP contribution < -0.4 is 5.32 Å². The van der Waals surface area contributed by atoms with Gasteiger partial charge in [-0.05, 0) is 59.2 Å². The minimum absolute atomic E-state index is 0.0110. The van der Waals surface area contributed by atoms with E-state index in [1.54, 1.807) is 10.9 Å². The Morgan fingerprint density at radius 2 is 2.00 bits per heavy atom. The molecule has 0 bridgehead atoms. The molecule has 9 nitrogen and oxygen atoms in total. The quantitative estimate of drug-likeness (QED) is 0.352. The number of para-hydroxylation sites is 1. The number of nitrogens with zero attached hydrogens (tertiary/aromatic N) is 4. The number of carbonyl (C=O) groups excluding carboxylic acids is 1. The number of carboxylic acid groups (broad SMARTS) is 1. The molecule has 0 aliphatic heterocycles. The molecule has 32 heavy (non-hydrogen) atoms. The molecule has 0 fully saturated rings. The van der Waals surface area contributed by atoms with E-state index in [9.17, 15) is 14.7 Å². The molecule has 0 aliphatic rings. The van der Waals surface area contributed by atoms with Gasteiger partial charge in [0.05, 0.1) is 11.4 Å². The van der Waals surface area contributed by atoms with Crippen molar-refractivity contribution in [1.29, 1.82) is 0 Å². The maximum atomic E-state index is 12.5. The Morgan fingerprint density at radius 1 is 1.19 bits per heavy atom. The first-order valence-corrected chi connectivity index (χ1v) is 11.0. The van der Waals surface area contributed by atoms with Crippen molar-refractivity contribution in [3.8, 4) is 5.69 Å². The van der Waals surface area contributed by atoms with E-state index in [4.69, 9.17) is 0 Å². The topological polar surface area (TPSA) is 126 Å². The summed E-state index contributed by atoms with van der Waals surface area (Å²) < 4.78 is 1.56. The zero-order valence-corrected chi connectivity index (χ0v) is 18.4. The van der Waals surface area contributed by atoms with E-state index >= 15 is 0 Å². The number of aryl methyl sites for hydroxylation is 2. The lowest BCUT2D eigenvalue weighted by molar-refractivity contribution is -0.141. The van der Waals surface area contributed by atoms with Crippen molar-refractivity contribution in [2.75, 3.05) is 5.75 Å². The zero-order valence-electron chi connectivity index (χ0n) is 17.6. The van der Waals surface area contributed by atoms with Gasteiger partial charge in [0.1, 0.15) is 6.04 Å². The molecule has 164 valence electrons. The summed E-state index contributed by atoms with van der Waals surface area (Å²) in [7, 11) is 0. The van der Waals surface area contributed by atoms with Crippen molar-refractivity contribution in [3.63, 3.8) is 0 Å². The Balaban J connectivity index is 1.41. The maximum absolute atomic E-state index is 12.5. The average molecular weight is 451 g/mol. The molecule has 1 atom stereocenters. The number of hydrogen-bond acceptors (Lipinski definition) is 6. The highest BCUT2D eigenvalue weighted by Gasteiger charge is 2.22. The second-order valence-electron chi connectivity index (χ2n) is 7.45. The van der Waals surface area contributed by atoms with Crippen LogP contribution in [0.15, 0.2) is 53.8 Å². The van der Waals surface area contributed by atoms with E-state index in [0.29, 0.717) is 5.16 Å². The second-order valence-corrected chi connectivity index (χ2v) is 8.39. The highest BCUT2D eigenvalue weighted by atomic mass is 32.2. The van der Waals surface area contributed by atoms with Gasteiger partial charge in [0.15, 0.2) is 0 Å². The standard InChI is InChI=1S/C22H22N6O3S/c1-13-7-8-16(9-14(13)2)28-22(25-26-27-28)32-12-20(29)24-19(21(30)31)10-15-11-23-18-6-4-3-5-17(15)18/h3-9,11,19,23H,10,12H2,1-2H3,(H,24,29)(H,30,31)/t19-/m0/s1. The summed E-state index contributed by atoms with van der Waals surface area (Å²) in [5, 5.41) is 25.3. The first-order valence-electron chi connectivity index (χ1n) is 9.98. The predicted octanol–water partition coefficient (Wildman–Crippen LogP) is 2.66. The molecule has 0 saturated carbocycles. The zero-order chi connectivity index (χ0) is 22.7. The molecule has 0 aliphatic carbocycles. The highest BCUT2D eigenvalue weighted by molar-refractivity contribution is 7.99. The molecule has 2 heterocycles. The van der Waals surface area contributed by atoms with Crippen molar-refractivity contribution in [2.45, 2.75) is 31.5 Å². The number of hydrogen-bond donors (Lipinski definition) is 3. The number of thioether (sulfide) groups is 1. The van der Waals surface area contributed by atoms with Crippen LogP contribution in [-0.2, 0) is 16.0 Å². The summed E-state index contributed by atoms with van der Waals surface area (Å²) in [4.78, 5) is 27.4. The Morgan fingerprint density at radius 3 is 2.78 bits per heavy atom. The first-order chi connectivity index (χ1) is 15.4. The van der Waals surface area contributed by atoms with Crippen molar-refractivity contribution in [3.05, 3.63) is 65.4 Å². The van der Waals surface area contributed by atoms with Gasteiger partial charge in [-0.25, -0.2) is 4.79 Å². The second kappa shape index (κ2) is 9.23. The van der Waals surface area contributed by atoms with Gasteiger partial charge < -0.3 is 15.4 Å². The molecule has 2 aromatic carbocycles. The third-order valence-corrected chi connectivity index (χ3v) is 6.16. The van der Waals surface area contributed by atoms with Crippen LogP contribution in [0.1, 0.15) is 16.7 Å². The van der Waals surface area contributed by atoms with Crippen LogP contribution in [0.4, 0.5) is 0 Å². The lowest BCUT2D eigenvalue weighted by Crippen LogP contribution is -2.43. The number of carboxylic acids is 1. The Kier molecular flexibility index (Phi) is 6.22. The summed E-state index contributed by atoms with van der Waals surface area (Å²) in [5.74, 6) is -1.51. The molecule has 3 N–H and O–H groups in total. The van der Waals surface area contributed by atoms with Gasteiger partial charge in [-0.1, -0.05) is 36.0 Å². The van der Waals surface area contributed by atoms with Gasteiger partial charge in [0, 0.05) is 23.5 Å². The highest BCUT2D eigenvalue weighted by Crippen LogP contribution is 2.21. The number of fused-ring (bicyclic) bond motifs is 1. The largest absolute Gasteiger partial charge is 0.480 e. The molecule has 0 saturated heterocycles. The summed E-state index contributed by atoms with van der Waals surface area (Å²) in [6, 6.07) is 12.5. The lowest BCUT2D eigenvalue weighted by Gasteiger charge is -2.14. The average Bonchev–Trinajstić information content (AvgIpc) is 3.41. The van der Waals surface area contributed by atoms with E-state index in [0.717, 1.165) is 45.0 Å². The molecular formula is C22H22N6O3S. The summed E-state index contributed by atoms with van der Waals surface area (Å²) >= 11 is 1.15. The van der Waals surface area contributed by atoms with Gasteiger partial charge in [-0.15, -0.1) is 5.10 Å². The number of aromatic amines is 1. The number of nitrogens with one attached hydrogen (secondary N) is 2. The van der Waals surface area contributed by atoms with Crippen LogP contribution in [0.25, 0.3) is 16.6 Å². The summed E-state index contributed by atoms with van der Waals surface area (Å²) in [5.41, 5.74) is 4.81. The number of amides is 1. The molecule has 0 radical (unpaired) electrons. The molecule has 4 rings (SSSR count). The van der Waals surface area contributed by atoms with Crippen molar-refractivity contribution >= 4 is 34.5 Å². The number of aliphatic carboxylic acids is 1. The SMILES string of the molecule is Cc1ccc(-n2nnnc2SCC(=O)N[C@@H](Cc2c[nH]c3ccccc23)C(=O)O)cc1C. The third-order valence-electron chi connectivity index (χ3n) is 5.24. The normalized spacial score (nSPS) is 12.1. The number of H-pyrrole nitrogens is 1. The van der Waals surface area contributed by atoms with Crippen molar-refractivity contribution in [1.82, 2.24) is 30.5 Å². The number of carbonyl (C=O) groups is 2. The number of tetrazole rings is 1. The van der Waals surface area contributed by atoms with E-state index in [1.165, 1.54) is 0 Å². The molecule has 0 spiro atoms. The Bertz CT molecular complexity index is 1280. The number of rotatable bonds is 8. The van der Waals surface area contributed by atoms with Crippen molar-refractivity contribution in [2.24, 2.45) is 0 Å². The van der Waals surface area contributed by atoms with E-state index in [-0.39, 0.29) is 12.2 Å². The predicted molar refractivity (Wildman–Crippen MR) is 121 cm³/mol. The fourth-order valence-electron chi connectivity index (χ4n) is 3.37. The number of benzene rings is 2. The number of aromatic nitrogens is 5. The minimum Gasteiger partial charge on any atom is -0.480 e. The van der Waals surface area contributed by atoms with E-state index in [2.05, 4.69) is 25.8 Å². The van der Waals surface area contributed by atoms with Gasteiger partial charge in [0.25, 0.3) is 0 Å². The van der Waals surface area contributed by atoms with Crippen LogP contribution >= 0.6 is 11.8 Å². The molecular weight excluding hydrogens is 428 g/mol. The monoisotopic (exact) mass is 450 g/mol. The van der Waals surface area contributed by atoms with Gasteiger partial charge in [-0.3, -0.25) is 4.79 Å². The van der Waals surface area contributed by atoms with Crippen LogP contribution in [0.5, 0.6) is 0 Å². The summed E-state index contributed by atoms with van der Waals surface area (Å²) in [6.07, 6.45) is 1.95. The Hall–Kier alpha value is -3.66. The van der Waals surface area contributed by atoms with Crippen LogP contribution in [0.3, 0.4) is 0 Å². The molecule has 0 unspecified atom stereocenters. The van der Waals surface area contributed by atoms with E-state index < -0.39 is 17.9 Å².